The molecule has 3 rings (SSSR count). The third-order valence-electron chi connectivity index (χ3n) is 7.05. The minimum atomic E-state index is -0.301. The first-order chi connectivity index (χ1) is 15.7. The lowest BCUT2D eigenvalue weighted by Crippen LogP contribution is -2.54. The van der Waals surface area contributed by atoms with Gasteiger partial charge in [-0.3, -0.25) is 9.59 Å². The van der Waals surface area contributed by atoms with Crippen molar-refractivity contribution in [3.8, 4) is 0 Å². The van der Waals surface area contributed by atoms with Gasteiger partial charge in [0, 0.05) is 19.6 Å². The molecular formula is C27H43N3O2. The van der Waals surface area contributed by atoms with Crippen molar-refractivity contribution in [3.63, 3.8) is 0 Å². The van der Waals surface area contributed by atoms with Crippen LogP contribution in [0, 0.1) is 0 Å². The first-order valence-corrected chi connectivity index (χ1v) is 13.1. The van der Waals surface area contributed by atoms with E-state index in [1.807, 2.05) is 17.0 Å². The molecule has 0 aromatic heterocycles. The second kappa shape index (κ2) is 13.6. The first kappa shape index (κ1) is 24.8. The summed E-state index contributed by atoms with van der Waals surface area (Å²) < 4.78 is 0. The Balaban J connectivity index is 1.32. The average Bonchev–Trinajstić information content (AvgIpc) is 3.32. The van der Waals surface area contributed by atoms with Crippen LogP contribution in [0.5, 0.6) is 0 Å². The van der Waals surface area contributed by atoms with Crippen LogP contribution in [0.25, 0.3) is 0 Å². The molecule has 5 heteroatoms. The number of carbonyl (C=O) groups is 2. The molecule has 2 atom stereocenters. The maximum absolute atomic E-state index is 13.2. The minimum absolute atomic E-state index is 0.0305. The van der Waals surface area contributed by atoms with E-state index in [0.29, 0.717) is 13.0 Å². The van der Waals surface area contributed by atoms with E-state index in [4.69, 9.17) is 0 Å². The molecule has 2 amide bonds. The smallest absolute Gasteiger partial charge is 0.242 e. The van der Waals surface area contributed by atoms with Crippen molar-refractivity contribution < 1.29 is 9.59 Å². The molecule has 1 aromatic carbocycles. The number of hydrogen-bond donors (Lipinski definition) is 2. The summed E-state index contributed by atoms with van der Waals surface area (Å²) in [6, 6.07) is 7.77. The second-order valence-electron chi connectivity index (χ2n) is 9.57. The van der Waals surface area contributed by atoms with Gasteiger partial charge in [0.25, 0.3) is 0 Å². The molecule has 0 spiro atoms. The molecule has 1 saturated heterocycles. The van der Waals surface area contributed by atoms with Gasteiger partial charge in [0.05, 0.1) is 6.04 Å². The number of nitrogens with zero attached hydrogens (tertiary/aromatic N) is 1. The largest absolute Gasteiger partial charge is 0.354 e. The number of benzene rings is 1. The third-order valence-corrected chi connectivity index (χ3v) is 7.05. The van der Waals surface area contributed by atoms with Gasteiger partial charge in [-0.2, -0.15) is 0 Å². The highest BCUT2D eigenvalue weighted by atomic mass is 16.2. The molecule has 0 aliphatic carbocycles. The SMILES string of the molecule is CCCCCCCCCCCCNC(=O)[C@@H]1CCCN1C(=O)[C@@H]1Cc2ccccc2CN1. The summed E-state index contributed by atoms with van der Waals surface area (Å²) in [7, 11) is 0. The van der Waals surface area contributed by atoms with Crippen LogP contribution in [0.4, 0.5) is 0 Å². The van der Waals surface area contributed by atoms with Crippen LogP contribution in [0.2, 0.25) is 0 Å². The summed E-state index contributed by atoms with van der Waals surface area (Å²) in [6.07, 6.45) is 15.3. The number of fused-ring (bicyclic) bond motifs is 1. The monoisotopic (exact) mass is 441 g/mol. The zero-order valence-electron chi connectivity index (χ0n) is 20.0. The normalized spacial score (nSPS) is 20.2. The predicted molar refractivity (Wildman–Crippen MR) is 130 cm³/mol. The maximum atomic E-state index is 13.2. The molecular weight excluding hydrogens is 398 g/mol. The molecule has 5 nitrogen and oxygen atoms in total. The van der Waals surface area contributed by atoms with Crippen LogP contribution in [0.15, 0.2) is 24.3 Å². The fourth-order valence-corrected chi connectivity index (χ4v) is 5.07. The molecule has 32 heavy (non-hydrogen) atoms. The first-order valence-electron chi connectivity index (χ1n) is 13.1. The maximum Gasteiger partial charge on any atom is 0.242 e. The zero-order chi connectivity index (χ0) is 22.6. The molecule has 2 N–H and O–H groups in total. The molecule has 1 fully saturated rings. The topological polar surface area (TPSA) is 61.4 Å². The van der Waals surface area contributed by atoms with Gasteiger partial charge in [-0.1, -0.05) is 89.0 Å². The van der Waals surface area contributed by atoms with Crippen molar-refractivity contribution in [3.05, 3.63) is 35.4 Å². The summed E-state index contributed by atoms with van der Waals surface area (Å²) >= 11 is 0. The molecule has 0 saturated carbocycles. The molecule has 0 radical (unpaired) electrons. The second-order valence-corrected chi connectivity index (χ2v) is 9.57. The fourth-order valence-electron chi connectivity index (χ4n) is 5.07. The van der Waals surface area contributed by atoms with Gasteiger partial charge in [0.1, 0.15) is 6.04 Å². The van der Waals surface area contributed by atoms with Crippen LogP contribution in [0.3, 0.4) is 0 Å². The Bertz CT molecular complexity index is 721. The van der Waals surface area contributed by atoms with Crippen LogP contribution >= 0.6 is 0 Å². The number of rotatable bonds is 13. The number of unbranched alkanes of at least 4 members (excludes halogenated alkanes) is 9. The fraction of sp³-hybridized carbons (Fsp3) is 0.704. The molecule has 2 aliphatic rings. The molecule has 0 bridgehead atoms. The van der Waals surface area contributed by atoms with E-state index in [9.17, 15) is 9.59 Å². The van der Waals surface area contributed by atoms with Gasteiger partial charge < -0.3 is 15.5 Å². The van der Waals surface area contributed by atoms with E-state index in [0.717, 1.165) is 32.4 Å². The number of nitrogens with one attached hydrogen (secondary N) is 2. The van der Waals surface area contributed by atoms with Crippen molar-refractivity contribution >= 4 is 11.8 Å². The van der Waals surface area contributed by atoms with Gasteiger partial charge in [-0.15, -0.1) is 0 Å². The van der Waals surface area contributed by atoms with Gasteiger partial charge in [-0.25, -0.2) is 0 Å². The standard InChI is InChI=1S/C27H43N3O2/c1-2-3-4-5-6-7-8-9-10-13-18-28-26(31)25-17-14-19-30(25)27(32)24-20-22-15-11-12-16-23(22)21-29-24/h11-12,15-16,24-25,29H,2-10,13-14,17-21H2,1H3,(H,28,31)/t24-,25-/m0/s1. The van der Waals surface area contributed by atoms with Crippen molar-refractivity contribution in [2.45, 2.75) is 109 Å². The van der Waals surface area contributed by atoms with Crippen LogP contribution < -0.4 is 10.6 Å². The summed E-state index contributed by atoms with van der Waals surface area (Å²) in [5.74, 6) is 0.110. The summed E-state index contributed by atoms with van der Waals surface area (Å²) in [6.45, 7) is 4.39. The van der Waals surface area contributed by atoms with Crippen LogP contribution in [-0.2, 0) is 22.6 Å². The van der Waals surface area contributed by atoms with Gasteiger partial charge >= 0.3 is 0 Å². The predicted octanol–water partition coefficient (Wildman–Crippen LogP) is 4.73. The molecule has 2 aliphatic heterocycles. The van der Waals surface area contributed by atoms with Gasteiger partial charge in [0.2, 0.25) is 11.8 Å². The average molecular weight is 442 g/mol. The highest BCUT2D eigenvalue weighted by Gasteiger charge is 2.37. The van der Waals surface area contributed by atoms with E-state index in [1.54, 1.807) is 0 Å². The van der Waals surface area contributed by atoms with E-state index in [1.165, 1.54) is 68.9 Å². The van der Waals surface area contributed by atoms with E-state index in [2.05, 4.69) is 29.7 Å². The third kappa shape index (κ3) is 7.33. The lowest BCUT2D eigenvalue weighted by atomic mass is 9.95. The Morgan fingerprint density at radius 2 is 1.62 bits per heavy atom. The van der Waals surface area contributed by atoms with Gasteiger partial charge in [-0.05, 0) is 36.8 Å². The lowest BCUT2D eigenvalue weighted by molar-refractivity contribution is -0.140. The Morgan fingerprint density at radius 3 is 2.34 bits per heavy atom. The highest BCUT2D eigenvalue weighted by Crippen LogP contribution is 2.22. The summed E-state index contributed by atoms with van der Waals surface area (Å²) in [5, 5.41) is 6.48. The number of amides is 2. The molecule has 178 valence electrons. The van der Waals surface area contributed by atoms with Crippen LogP contribution in [0.1, 0.15) is 95.1 Å². The van der Waals surface area contributed by atoms with Gasteiger partial charge in [0.15, 0.2) is 0 Å². The van der Waals surface area contributed by atoms with Crippen molar-refractivity contribution in [2.75, 3.05) is 13.1 Å². The van der Waals surface area contributed by atoms with E-state index < -0.39 is 0 Å². The van der Waals surface area contributed by atoms with Crippen molar-refractivity contribution in [1.82, 2.24) is 15.5 Å². The molecule has 1 aromatic rings. The Hall–Kier alpha value is -1.88. The van der Waals surface area contributed by atoms with Crippen LogP contribution in [-0.4, -0.2) is 41.9 Å². The van der Waals surface area contributed by atoms with Crippen molar-refractivity contribution in [1.29, 1.82) is 0 Å². The molecule has 0 unspecified atom stereocenters. The zero-order valence-corrected chi connectivity index (χ0v) is 20.0. The Kier molecular flexibility index (Phi) is 10.5. The summed E-state index contributed by atoms with van der Waals surface area (Å²) in [5.41, 5.74) is 2.51. The quantitative estimate of drug-likeness (QED) is 0.435. The van der Waals surface area contributed by atoms with E-state index >= 15 is 0 Å². The number of hydrogen-bond acceptors (Lipinski definition) is 3. The Labute approximate surface area is 194 Å². The Morgan fingerprint density at radius 1 is 0.969 bits per heavy atom. The number of carbonyl (C=O) groups excluding carboxylic acids is 2. The lowest BCUT2D eigenvalue weighted by Gasteiger charge is -2.31. The molecule has 2 heterocycles. The van der Waals surface area contributed by atoms with Crippen molar-refractivity contribution in [2.24, 2.45) is 0 Å². The number of likely N-dealkylation sites (tertiary alicyclic amines) is 1. The minimum Gasteiger partial charge on any atom is -0.354 e. The summed E-state index contributed by atoms with van der Waals surface area (Å²) in [4.78, 5) is 27.8. The van der Waals surface area contributed by atoms with E-state index in [-0.39, 0.29) is 23.9 Å². The highest BCUT2D eigenvalue weighted by molar-refractivity contribution is 5.90.